The number of anilines is 1. The topological polar surface area (TPSA) is 73.2 Å². The molecule has 2 rings (SSSR count). The highest BCUT2D eigenvalue weighted by molar-refractivity contribution is 5.96. The normalized spacial score (nSPS) is 13.4. The third-order valence-electron chi connectivity index (χ3n) is 3.23. The summed E-state index contributed by atoms with van der Waals surface area (Å²) in [5.74, 6) is -0.0374. The number of benzene rings is 1. The fourth-order valence-electron chi connectivity index (χ4n) is 2.02. The molecule has 5 nitrogen and oxygen atoms in total. The van der Waals surface area contributed by atoms with Crippen LogP contribution in [0, 0.1) is 11.3 Å². The Balaban J connectivity index is 2.04. The molecular weight excluding hydrogens is 254 g/mol. The van der Waals surface area contributed by atoms with Crippen LogP contribution < -0.4 is 5.32 Å². The summed E-state index contributed by atoms with van der Waals surface area (Å²) in [6, 6.07) is 8.97. The van der Waals surface area contributed by atoms with Crippen LogP contribution in [-0.4, -0.2) is 29.3 Å². The van der Waals surface area contributed by atoms with E-state index in [9.17, 15) is 9.59 Å². The lowest BCUT2D eigenvalue weighted by atomic mass is 10.1. The minimum absolute atomic E-state index is 0.0374. The summed E-state index contributed by atoms with van der Waals surface area (Å²) in [5.41, 5.74) is 1.17. The van der Waals surface area contributed by atoms with Gasteiger partial charge >= 0.3 is 6.03 Å². The molecule has 0 atom stereocenters. The van der Waals surface area contributed by atoms with E-state index in [0.717, 1.165) is 12.8 Å². The molecule has 0 bridgehead atoms. The van der Waals surface area contributed by atoms with Gasteiger partial charge in [-0.2, -0.15) is 5.26 Å². The van der Waals surface area contributed by atoms with Gasteiger partial charge in [0.2, 0.25) is 0 Å². The molecule has 1 aliphatic carbocycles. The zero-order valence-electron chi connectivity index (χ0n) is 11.4. The van der Waals surface area contributed by atoms with Crippen LogP contribution in [0.5, 0.6) is 0 Å². The molecule has 2 amide bonds. The van der Waals surface area contributed by atoms with Crippen molar-refractivity contribution < 1.29 is 9.59 Å². The third kappa shape index (κ3) is 3.58. The Kier molecular flexibility index (Phi) is 4.36. The lowest BCUT2D eigenvalue weighted by molar-refractivity contribution is 0.101. The number of carbonyl (C=O) groups excluding carboxylic acids is 2. The molecule has 5 heteroatoms. The molecule has 0 aliphatic heterocycles. The maximum Gasteiger partial charge on any atom is 0.322 e. The summed E-state index contributed by atoms with van der Waals surface area (Å²) in [7, 11) is 0. The van der Waals surface area contributed by atoms with E-state index < -0.39 is 0 Å². The first-order valence-electron chi connectivity index (χ1n) is 6.67. The van der Waals surface area contributed by atoms with Gasteiger partial charge in [-0.15, -0.1) is 0 Å². The molecule has 0 aromatic heterocycles. The van der Waals surface area contributed by atoms with Crippen molar-refractivity contribution in [3.05, 3.63) is 29.8 Å². The second kappa shape index (κ2) is 6.20. The number of rotatable bonds is 5. The van der Waals surface area contributed by atoms with Gasteiger partial charge in [0.1, 0.15) is 0 Å². The summed E-state index contributed by atoms with van der Waals surface area (Å²) in [6.07, 6.45) is 2.32. The molecule has 0 saturated heterocycles. The average molecular weight is 271 g/mol. The number of carbonyl (C=O) groups is 2. The van der Waals surface area contributed by atoms with Gasteiger partial charge in [0.05, 0.1) is 12.5 Å². The van der Waals surface area contributed by atoms with Gasteiger partial charge in [-0.05, 0) is 31.9 Å². The van der Waals surface area contributed by atoms with Crippen LogP contribution in [0.3, 0.4) is 0 Å². The van der Waals surface area contributed by atoms with E-state index in [2.05, 4.69) is 11.4 Å². The highest BCUT2D eigenvalue weighted by atomic mass is 16.2. The largest absolute Gasteiger partial charge is 0.322 e. The van der Waals surface area contributed by atoms with E-state index in [1.54, 1.807) is 29.2 Å². The predicted molar refractivity (Wildman–Crippen MR) is 75.4 cm³/mol. The summed E-state index contributed by atoms with van der Waals surface area (Å²) in [4.78, 5) is 25.2. The molecule has 1 aliphatic rings. The number of amides is 2. The van der Waals surface area contributed by atoms with Crippen molar-refractivity contribution in [1.82, 2.24) is 4.90 Å². The molecule has 1 N–H and O–H groups in total. The maximum absolute atomic E-state index is 12.2. The van der Waals surface area contributed by atoms with Crippen LogP contribution in [-0.2, 0) is 0 Å². The summed E-state index contributed by atoms with van der Waals surface area (Å²) in [5, 5.41) is 11.4. The molecule has 0 spiro atoms. The van der Waals surface area contributed by atoms with E-state index in [1.165, 1.54) is 6.92 Å². The fraction of sp³-hybridized carbons (Fsp3) is 0.400. The molecular formula is C15H17N3O2. The maximum atomic E-state index is 12.2. The average Bonchev–Trinajstić information content (AvgIpc) is 3.24. The van der Waals surface area contributed by atoms with Crippen molar-refractivity contribution in [3.63, 3.8) is 0 Å². The number of nitrogens with one attached hydrogen (secondary N) is 1. The Morgan fingerprint density at radius 1 is 1.45 bits per heavy atom. The van der Waals surface area contributed by atoms with Gasteiger partial charge in [0.25, 0.3) is 0 Å². The fourth-order valence-corrected chi connectivity index (χ4v) is 2.02. The van der Waals surface area contributed by atoms with Crippen molar-refractivity contribution in [1.29, 1.82) is 5.26 Å². The van der Waals surface area contributed by atoms with Crippen molar-refractivity contribution in [3.8, 4) is 6.07 Å². The number of hydrogen-bond acceptors (Lipinski definition) is 3. The lowest BCUT2D eigenvalue weighted by Crippen LogP contribution is -2.37. The molecule has 1 fully saturated rings. The number of urea groups is 1. The second-order valence-corrected chi connectivity index (χ2v) is 4.90. The lowest BCUT2D eigenvalue weighted by Gasteiger charge is -2.21. The molecule has 0 heterocycles. The molecule has 1 aromatic rings. The monoisotopic (exact) mass is 271 g/mol. The zero-order chi connectivity index (χ0) is 14.5. The van der Waals surface area contributed by atoms with E-state index in [-0.39, 0.29) is 17.9 Å². The molecule has 104 valence electrons. The number of ketones is 1. The smallest absolute Gasteiger partial charge is 0.321 e. The Morgan fingerprint density at radius 2 is 2.20 bits per heavy atom. The van der Waals surface area contributed by atoms with Crippen LogP contribution >= 0.6 is 0 Å². The third-order valence-corrected chi connectivity index (χ3v) is 3.23. The SMILES string of the molecule is CC(=O)c1cccc(NC(=O)N(CCC#N)C2CC2)c1. The first kappa shape index (κ1) is 14.1. The van der Waals surface area contributed by atoms with Crippen molar-refractivity contribution in [2.75, 3.05) is 11.9 Å². The van der Waals surface area contributed by atoms with Gasteiger partial charge < -0.3 is 10.2 Å². The Morgan fingerprint density at radius 3 is 2.80 bits per heavy atom. The zero-order valence-corrected chi connectivity index (χ0v) is 11.4. The van der Waals surface area contributed by atoms with E-state index in [1.807, 2.05) is 0 Å². The van der Waals surface area contributed by atoms with E-state index >= 15 is 0 Å². The Labute approximate surface area is 118 Å². The van der Waals surface area contributed by atoms with Crippen LogP contribution in [0.1, 0.15) is 36.5 Å². The molecule has 20 heavy (non-hydrogen) atoms. The van der Waals surface area contributed by atoms with Gasteiger partial charge in [-0.25, -0.2) is 4.79 Å². The number of nitriles is 1. The predicted octanol–water partition coefficient (Wildman–Crippen LogP) is 2.80. The standard InChI is InChI=1S/C15H17N3O2/c1-11(19)12-4-2-5-13(10-12)17-15(20)18(9-3-8-16)14-6-7-14/h2,4-5,10,14H,3,6-7,9H2,1H3,(H,17,20). The summed E-state index contributed by atoms with van der Waals surface area (Å²) < 4.78 is 0. The van der Waals surface area contributed by atoms with Crippen LogP contribution in [0.25, 0.3) is 0 Å². The minimum Gasteiger partial charge on any atom is -0.321 e. The first-order valence-corrected chi connectivity index (χ1v) is 6.67. The van der Waals surface area contributed by atoms with Gasteiger partial charge in [0, 0.05) is 23.8 Å². The number of nitrogens with zero attached hydrogens (tertiary/aromatic N) is 2. The van der Waals surface area contributed by atoms with Crippen LogP contribution in [0.15, 0.2) is 24.3 Å². The van der Waals surface area contributed by atoms with Gasteiger partial charge in [-0.1, -0.05) is 12.1 Å². The molecule has 1 aromatic carbocycles. The van der Waals surface area contributed by atoms with Crippen molar-refractivity contribution >= 4 is 17.5 Å². The minimum atomic E-state index is -0.205. The summed E-state index contributed by atoms with van der Waals surface area (Å²) in [6.45, 7) is 1.93. The van der Waals surface area contributed by atoms with E-state index in [0.29, 0.717) is 24.2 Å². The van der Waals surface area contributed by atoms with Crippen molar-refractivity contribution in [2.24, 2.45) is 0 Å². The quantitative estimate of drug-likeness (QED) is 0.837. The van der Waals surface area contributed by atoms with E-state index in [4.69, 9.17) is 5.26 Å². The highest BCUT2D eigenvalue weighted by Crippen LogP contribution is 2.27. The van der Waals surface area contributed by atoms with Crippen molar-refractivity contribution in [2.45, 2.75) is 32.2 Å². The Hall–Kier alpha value is -2.35. The van der Waals surface area contributed by atoms with Crippen LogP contribution in [0.4, 0.5) is 10.5 Å². The van der Waals surface area contributed by atoms with Crippen LogP contribution in [0.2, 0.25) is 0 Å². The molecule has 0 unspecified atom stereocenters. The van der Waals surface area contributed by atoms with Gasteiger partial charge in [-0.3, -0.25) is 4.79 Å². The highest BCUT2D eigenvalue weighted by Gasteiger charge is 2.32. The first-order chi connectivity index (χ1) is 9.61. The molecule has 1 saturated carbocycles. The summed E-state index contributed by atoms with van der Waals surface area (Å²) >= 11 is 0. The number of hydrogen-bond donors (Lipinski definition) is 1. The second-order valence-electron chi connectivity index (χ2n) is 4.90. The Bertz CT molecular complexity index is 558. The molecule has 0 radical (unpaired) electrons. The number of Topliss-reactive ketones (excluding diaryl/α,β-unsaturated/α-hetero) is 1. The van der Waals surface area contributed by atoms with Gasteiger partial charge in [0.15, 0.2) is 5.78 Å².